The van der Waals surface area contributed by atoms with Crippen molar-refractivity contribution >= 4 is 11.6 Å². The van der Waals surface area contributed by atoms with Crippen LogP contribution in [0.15, 0.2) is 18.2 Å². The average molecular weight is 319 g/mol. The molecule has 118 valence electrons. The summed E-state index contributed by atoms with van der Waals surface area (Å²) in [6.07, 6.45) is 2.24. The van der Waals surface area contributed by atoms with Crippen molar-refractivity contribution in [2.75, 3.05) is 26.7 Å². The lowest BCUT2D eigenvalue weighted by molar-refractivity contribution is -0.0508. The first-order valence-electron chi connectivity index (χ1n) is 7.18. The van der Waals surface area contributed by atoms with Crippen LogP contribution >= 0.6 is 11.6 Å². The van der Waals surface area contributed by atoms with Gasteiger partial charge in [-0.3, -0.25) is 4.90 Å². The molecule has 0 atom stereocenters. The van der Waals surface area contributed by atoms with Gasteiger partial charge in [0.25, 0.3) is 0 Å². The van der Waals surface area contributed by atoms with Crippen LogP contribution in [-0.4, -0.2) is 38.2 Å². The molecule has 3 nitrogen and oxygen atoms in total. The minimum absolute atomic E-state index is 0.215. The first kappa shape index (κ1) is 16.5. The fourth-order valence-electron chi connectivity index (χ4n) is 2.76. The quantitative estimate of drug-likeness (QED) is 0.870. The summed E-state index contributed by atoms with van der Waals surface area (Å²) in [4.78, 5) is 2.26. The standard InChI is InChI=1S/C15H21ClF2N2O/c1-19-9-11-4-6-20(7-5-11)10-12-8-13(16)2-3-14(12)21-15(17)18/h2-3,8,11,15,19H,4-7,9-10H2,1H3. The number of halogens is 3. The Kier molecular flexibility index (Phi) is 6.21. The van der Waals surface area contributed by atoms with Crippen molar-refractivity contribution in [1.29, 1.82) is 0 Å². The van der Waals surface area contributed by atoms with Crippen LogP contribution in [0.25, 0.3) is 0 Å². The Balaban J connectivity index is 1.97. The molecule has 1 saturated heterocycles. The van der Waals surface area contributed by atoms with E-state index < -0.39 is 6.61 Å². The van der Waals surface area contributed by atoms with Crippen LogP contribution in [0, 0.1) is 5.92 Å². The van der Waals surface area contributed by atoms with Crippen LogP contribution in [0.2, 0.25) is 5.02 Å². The molecule has 1 heterocycles. The second kappa shape index (κ2) is 7.92. The van der Waals surface area contributed by atoms with Gasteiger partial charge in [0.1, 0.15) is 5.75 Å². The summed E-state index contributed by atoms with van der Waals surface area (Å²) in [7, 11) is 1.96. The fourth-order valence-corrected chi connectivity index (χ4v) is 2.96. The van der Waals surface area contributed by atoms with Crippen molar-refractivity contribution in [2.24, 2.45) is 5.92 Å². The third kappa shape index (κ3) is 5.09. The maximum Gasteiger partial charge on any atom is 0.387 e. The number of nitrogens with one attached hydrogen (secondary N) is 1. The van der Waals surface area contributed by atoms with Crippen LogP contribution in [-0.2, 0) is 6.54 Å². The van der Waals surface area contributed by atoms with E-state index in [1.165, 1.54) is 6.07 Å². The topological polar surface area (TPSA) is 24.5 Å². The maximum atomic E-state index is 12.4. The Morgan fingerprint density at radius 1 is 1.38 bits per heavy atom. The summed E-state index contributed by atoms with van der Waals surface area (Å²) in [6.45, 7) is 0.742. The van der Waals surface area contributed by atoms with Gasteiger partial charge in [-0.1, -0.05) is 11.6 Å². The summed E-state index contributed by atoms with van der Waals surface area (Å²) in [5.74, 6) is 0.911. The molecule has 0 bridgehead atoms. The van der Waals surface area contributed by atoms with Gasteiger partial charge in [-0.15, -0.1) is 0 Å². The molecule has 0 unspecified atom stereocenters. The average Bonchev–Trinajstić information content (AvgIpc) is 2.44. The summed E-state index contributed by atoms with van der Waals surface area (Å²) in [5, 5.41) is 3.74. The Labute approximate surface area is 129 Å². The lowest BCUT2D eigenvalue weighted by Crippen LogP contribution is -2.36. The molecule has 0 saturated carbocycles. The molecule has 1 aliphatic heterocycles. The fraction of sp³-hybridized carbons (Fsp3) is 0.600. The SMILES string of the molecule is CNCC1CCN(Cc2cc(Cl)ccc2OC(F)F)CC1. The van der Waals surface area contributed by atoms with Gasteiger partial charge >= 0.3 is 6.61 Å². The van der Waals surface area contributed by atoms with Gasteiger partial charge in [0.2, 0.25) is 0 Å². The van der Waals surface area contributed by atoms with Crippen molar-refractivity contribution < 1.29 is 13.5 Å². The van der Waals surface area contributed by atoms with E-state index >= 15 is 0 Å². The molecule has 1 aliphatic rings. The molecule has 1 fully saturated rings. The Bertz CT molecular complexity index is 451. The molecule has 6 heteroatoms. The summed E-state index contributed by atoms with van der Waals surface area (Å²) < 4.78 is 29.5. The summed E-state index contributed by atoms with van der Waals surface area (Å²) in [5.41, 5.74) is 0.717. The number of likely N-dealkylation sites (tertiary alicyclic amines) is 1. The minimum atomic E-state index is -2.81. The van der Waals surface area contributed by atoms with Crippen molar-refractivity contribution in [1.82, 2.24) is 10.2 Å². The zero-order valence-electron chi connectivity index (χ0n) is 12.1. The molecule has 0 aliphatic carbocycles. The molecule has 1 aromatic rings. The van der Waals surface area contributed by atoms with Gasteiger partial charge in [-0.2, -0.15) is 8.78 Å². The van der Waals surface area contributed by atoms with E-state index in [4.69, 9.17) is 11.6 Å². The number of hydrogen-bond donors (Lipinski definition) is 1. The van der Waals surface area contributed by atoms with Crippen LogP contribution < -0.4 is 10.1 Å². The Morgan fingerprint density at radius 2 is 2.10 bits per heavy atom. The van der Waals surface area contributed by atoms with E-state index in [1.54, 1.807) is 12.1 Å². The first-order valence-corrected chi connectivity index (χ1v) is 7.56. The molecule has 0 amide bonds. The summed E-state index contributed by atoms with van der Waals surface area (Å²) in [6, 6.07) is 4.79. The smallest absolute Gasteiger partial charge is 0.387 e. The third-order valence-electron chi connectivity index (χ3n) is 3.83. The highest BCUT2D eigenvalue weighted by atomic mass is 35.5. The monoisotopic (exact) mass is 318 g/mol. The van der Waals surface area contributed by atoms with Gasteiger partial charge in [0, 0.05) is 17.1 Å². The predicted octanol–water partition coefficient (Wildman–Crippen LogP) is 3.37. The highest BCUT2D eigenvalue weighted by Crippen LogP contribution is 2.27. The van der Waals surface area contributed by atoms with Crippen molar-refractivity contribution in [2.45, 2.75) is 26.0 Å². The van der Waals surface area contributed by atoms with Crippen LogP contribution in [0.4, 0.5) is 8.78 Å². The van der Waals surface area contributed by atoms with Gasteiger partial charge in [0.05, 0.1) is 0 Å². The highest BCUT2D eigenvalue weighted by Gasteiger charge is 2.20. The lowest BCUT2D eigenvalue weighted by atomic mass is 9.96. The van der Waals surface area contributed by atoms with E-state index in [2.05, 4.69) is 15.0 Å². The normalized spacial score (nSPS) is 17.4. The van der Waals surface area contributed by atoms with Crippen LogP contribution in [0.1, 0.15) is 18.4 Å². The number of piperidine rings is 1. The maximum absolute atomic E-state index is 12.4. The molecule has 21 heavy (non-hydrogen) atoms. The van der Waals surface area contributed by atoms with Gasteiger partial charge in [0.15, 0.2) is 0 Å². The van der Waals surface area contributed by atoms with E-state index in [9.17, 15) is 8.78 Å². The molecule has 0 spiro atoms. The zero-order chi connectivity index (χ0) is 15.2. The largest absolute Gasteiger partial charge is 0.434 e. The highest BCUT2D eigenvalue weighted by molar-refractivity contribution is 6.30. The van der Waals surface area contributed by atoms with Crippen molar-refractivity contribution in [3.8, 4) is 5.75 Å². The number of hydrogen-bond acceptors (Lipinski definition) is 3. The minimum Gasteiger partial charge on any atom is -0.434 e. The van der Waals surface area contributed by atoms with Gasteiger partial charge in [-0.25, -0.2) is 0 Å². The first-order chi connectivity index (χ1) is 10.1. The Hall–Kier alpha value is -0.910. The van der Waals surface area contributed by atoms with Crippen LogP contribution in [0.5, 0.6) is 5.75 Å². The lowest BCUT2D eigenvalue weighted by Gasteiger charge is -2.32. The van der Waals surface area contributed by atoms with E-state index in [-0.39, 0.29) is 5.75 Å². The number of ether oxygens (including phenoxy) is 1. The van der Waals surface area contributed by atoms with E-state index in [0.717, 1.165) is 38.0 Å². The third-order valence-corrected chi connectivity index (χ3v) is 4.07. The van der Waals surface area contributed by atoms with Gasteiger partial charge < -0.3 is 10.1 Å². The number of rotatable bonds is 6. The number of alkyl halides is 2. The molecule has 0 aromatic heterocycles. The number of benzene rings is 1. The van der Waals surface area contributed by atoms with Crippen molar-refractivity contribution in [3.05, 3.63) is 28.8 Å². The number of nitrogens with zero attached hydrogens (tertiary/aromatic N) is 1. The molecule has 1 aromatic carbocycles. The molecule has 2 rings (SSSR count). The summed E-state index contributed by atoms with van der Waals surface area (Å²) >= 11 is 5.97. The molecular weight excluding hydrogens is 298 g/mol. The van der Waals surface area contributed by atoms with E-state index in [1.807, 2.05) is 7.05 Å². The second-order valence-electron chi connectivity index (χ2n) is 5.41. The Morgan fingerprint density at radius 3 is 2.71 bits per heavy atom. The predicted molar refractivity (Wildman–Crippen MR) is 80.0 cm³/mol. The molecule has 0 radical (unpaired) electrons. The molecular formula is C15H21ClF2N2O. The zero-order valence-corrected chi connectivity index (χ0v) is 12.9. The van der Waals surface area contributed by atoms with Crippen LogP contribution in [0.3, 0.4) is 0 Å². The molecule has 1 N–H and O–H groups in total. The van der Waals surface area contributed by atoms with E-state index in [0.29, 0.717) is 17.5 Å². The van der Waals surface area contributed by atoms with Gasteiger partial charge in [-0.05, 0) is 63.6 Å². The second-order valence-corrected chi connectivity index (χ2v) is 5.84. The van der Waals surface area contributed by atoms with Crippen molar-refractivity contribution in [3.63, 3.8) is 0 Å².